The van der Waals surface area contributed by atoms with Gasteiger partial charge >= 0.3 is 0 Å². The Morgan fingerprint density at radius 1 is 1.25 bits per heavy atom. The molecule has 3 nitrogen and oxygen atoms in total. The summed E-state index contributed by atoms with van der Waals surface area (Å²) in [5, 5.41) is 3.49. The van der Waals surface area contributed by atoms with Gasteiger partial charge in [-0.05, 0) is 50.1 Å². The molecule has 3 rings (SSSR count). The third kappa shape index (κ3) is 3.39. The standard InChI is InChI=1S/C20H20BrNO2/c1-20(2)12-13-10-14(21)8-9-15(13)17(22-20)11-18(23)16-6-4-5-7-19(16)24-3/h4-11,22H,12H2,1-3H3/b17-11-. The maximum absolute atomic E-state index is 12.8. The molecule has 0 fully saturated rings. The van der Waals surface area contributed by atoms with Crippen LogP contribution in [0.4, 0.5) is 0 Å². The number of nitrogens with one attached hydrogen (secondary N) is 1. The smallest absolute Gasteiger partial charge is 0.191 e. The van der Waals surface area contributed by atoms with Gasteiger partial charge in [0.05, 0.1) is 12.7 Å². The molecule has 1 N–H and O–H groups in total. The second-order valence-corrected chi connectivity index (χ2v) is 7.53. The number of allylic oxidation sites excluding steroid dienone is 1. The molecule has 124 valence electrons. The highest BCUT2D eigenvalue weighted by atomic mass is 79.9. The summed E-state index contributed by atoms with van der Waals surface area (Å²) in [6.45, 7) is 4.27. The molecular weight excluding hydrogens is 366 g/mol. The number of carbonyl (C=O) groups is 1. The lowest BCUT2D eigenvalue weighted by Crippen LogP contribution is -2.43. The van der Waals surface area contributed by atoms with Gasteiger partial charge in [0.1, 0.15) is 5.75 Å². The minimum atomic E-state index is -0.110. The Balaban J connectivity index is 2.05. The highest BCUT2D eigenvalue weighted by Crippen LogP contribution is 2.32. The summed E-state index contributed by atoms with van der Waals surface area (Å²) < 4.78 is 6.36. The molecule has 0 amide bonds. The molecule has 1 heterocycles. The first-order chi connectivity index (χ1) is 11.4. The summed E-state index contributed by atoms with van der Waals surface area (Å²) >= 11 is 3.53. The highest BCUT2D eigenvalue weighted by Gasteiger charge is 2.28. The van der Waals surface area contributed by atoms with E-state index in [0.29, 0.717) is 11.3 Å². The van der Waals surface area contributed by atoms with E-state index in [-0.39, 0.29) is 11.3 Å². The first-order valence-corrected chi connectivity index (χ1v) is 8.65. The maximum Gasteiger partial charge on any atom is 0.191 e. The number of hydrogen-bond donors (Lipinski definition) is 1. The van der Waals surface area contributed by atoms with Crippen molar-refractivity contribution in [3.63, 3.8) is 0 Å². The van der Waals surface area contributed by atoms with E-state index in [1.807, 2.05) is 24.3 Å². The second kappa shape index (κ2) is 6.44. The average molecular weight is 386 g/mol. The zero-order valence-electron chi connectivity index (χ0n) is 14.0. The molecule has 1 aliphatic heterocycles. The van der Waals surface area contributed by atoms with Gasteiger partial charge in [-0.1, -0.05) is 34.1 Å². The van der Waals surface area contributed by atoms with Crippen LogP contribution in [0.15, 0.2) is 53.0 Å². The van der Waals surface area contributed by atoms with Crippen molar-refractivity contribution < 1.29 is 9.53 Å². The van der Waals surface area contributed by atoms with Gasteiger partial charge in [-0.15, -0.1) is 0 Å². The van der Waals surface area contributed by atoms with Crippen molar-refractivity contribution in [2.45, 2.75) is 25.8 Å². The molecule has 0 saturated heterocycles. The molecule has 1 aliphatic rings. The molecule has 24 heavy (non-hydrogen) atoms. The van der Waals surface area contributed by atoms with E-state index in [0.717, 1.165) is 22.2 Å². The van der Waals surface area contributed by atoms with Crippen molar-refractivity contribution >= 4 is 27.4 Å². The molecule has 0 unspecified atom stereocenters. The highest BCUT2D eigenvalue weighted by molar-refractivity contribution is 9.10. The number of para-hydroxylation sites is 1. The summed E-state index contributed by atoms with van der Waals surface area (Å²) in [5.41, 5.74) is 3.61. The Hall–Kier alpha value is -2.07. The number of rotatable bonds is 3. The monoisotopic (exact) mass is 385 g/mol. The van der Waals surface area contributed by atoms with Crippen LogP contribution in [-0.4, -0.2) is 18.4 Å². The van der Waals surface area contributed by atoms with E-state index < -0.39 is 0 Å². The van der Waals surface area contributed by atoms with Crippen LogP contribution < -0.4 is 10.1 Å². The van der Waals surface area contributed by atoms with E-state index in [1.165, 1.54) is 5.56 Å². The maximum atomic E-state index is 12.8. The predicted molar refractivity (Wildman–Crippen MR) is 100 cm³/mol. The van der Waals surface area contributed by atoms with E-state index in [9.17, 15) is 4.79 Å². The molecular formula is C20H20BrNO2. The molecule has 0 aliphatic carbocycles. The topological polar surface area (TPSA) is 38.3 Å². The van der Waals surface area contributed by atoms with Gasteiger partial charge in [0.15, 0.2) is 5.78 Å². The Bertz CT molecular complexity index is 824. The van der Waals surface area contributed by atoms with Crippen LogP contribution in [0.2, 0.25) is 0 Å². The molecule has 2 aromatic rings. The Morgan fingerprint density at radius 2 is 2.00 bits per heavy atom. The number of ether oxygens (including phenoxy) is 1. The van der Waals surface area contributed by atoms with E-state index in [2.05, 4.69) is 41.2 Å². The molecule has 0 atom stereocenters. The van der Waals surface area contributed by atoms with Crippen molar-refractivity contribution in [3.05, 3.63) is 69.7 Å². The Morgan fingerprint density at radius 3 is 2.75 bits per heavy atom. The van der Waals surface area contributed by atoms with Crippen LogP contribution in [0, 0.1) is 0 Å². The van der Waals surface area contributed by atoms with Crippen LogP contribution in [0.1, 0.15) is 35.3 Å². The normalized spacial score (nSPS) is 17.1. The summed E-state index contributed by atoms with van der Waals surface area (Å²) in [6.07, 6.45) is 2.58. The van der Waals surface area contributed by atoms with E-state index in [4.69, 9.17) is 4.74 Å². The zero-order chi connectivity index (χ0) is 17.3. The van der Waals surface area contributed by atoms with Gasteiger partial charge in [0.25, 0.3) is 0 Å². The third-order valence-corrected chi connectivity index (χ3v) is 4.60. The summed E-state index contributed by atoms with van der Waals surface area (Å²) in [7, 11) is 1.58. The zero-order valence-corrected chi connectivity index (χ0v) is 15.6. The largest absolute Gasteiger partial charge is 0.496 e. The quantitative estimate of drug-likeness (QED) is 0.619. The number of halogens is 1. The van der Waals surface area contributed by atoms with Crippen molar-refractivity contribution in [1.29, 1.82) is 0 Å². The fourth-order valence-electron chi connectivity index (χ4n) is 3.09. The van der Waals surface area contributed by atoms with Gasteiger partial charge in [-0.2, -0.15) is 0 Å². The minimum absolute atomic E-state index is 0.0680. The SMILES string of the molecule is COc1ccccc1C(=O)/C=C1\NC(C)(C)Cc2cc(Br)ccc21. The number of carbonyl (C=O) groups excluding carboxylic acids is 1. The van der Waals surface area contributed by atoms with Crippen LogP contribution >= 0.6 is 15.9 Å². The number of hydrogen-bond acceptors (Lipinski definition) is 3. The molecule has 0 radical (unpaired) electrons. The van der Waals surface area contributed by atoms with E-state index in [1.54, 1.807) is 25.3 Å². The summed E-state index contributed by atoms with van der Waals surface area (Å²) in [4.78, 5) is 12.8. The Kier molecular flexibility index (Phi) is 4.50. The summed E-state index contributed by atoms with van der Waals surface area (Å²) in [6, 6.07) is 13.5. The van der Waals surface area contributed by atoms with Gasteiger partial charge in [0, 0.05) is 27.3 Å². The molecule has 0 spiro atoms. The number of methoxy groups -OCH3 is 1. The number of ketones is 1. The van der Waals surface area contributed by atoms with Crippen molar-refractivity contribution in [1.82, 2.24) is 5.32 Å². The fourth-order valence-corrected chi connectivity index (χ4v) is 3.50. The lowest BCUT2D eigenvalue weighted by atomic mass is 9.85. The molecule has 0 aromatic heterocycles. The minimum Gasteiger partial charge on any atom is -0.496 e. The fraction of sp³-hybridized carbons (Fsp3) is 0.250. The van der Waals surface area contributed by atoms with Crippen LogP contribution in [-0.2, 0) is 6.42 Å². The lowest BCUT2D eigenvalue weighted by Gasteiger charge is -2.35. The van der Waals surface area contributed by atoms with Crippen molar-refractivity contribution in [3.8, 4) is 5.75 Å². The molecule has 4 heteroatoms. The number of fused-ring (bicyclic) bond motifs is 1. The predicted octanol–water partition coefficient (Wildman–Crippen LogP) is 4.61. The first-order valence-electron chi connectivity index (χ1n) is 7.86. The van der Waals surface area contributed by atoms with Gasteiger partial charge < -0.3 is 10.1 Å². The van der Waals surface area contributed by atoms with Crippen LogP contribution in [0.5, 0.6) is 5.75 Å². The molecule has 0 bridgehead atoms. The van der Waals surface area contributed by atoms with Gasteiger partial charge in [-0.3, -0.25) is 4.79 Å². The molecule has 0 saturated carbocycles. The molecule has 2 aromatic carbocycles. The second-order valence-electron chi connectivity index (χ2n) is 6.61. The lowest BCUT2D eigenvalue weighted by molar-refractivity contribution is 0.104. The average Bonchev–Trinajstić information content (AvgIpc) is 2.53. The van der Waals surface area contributed by atoms with Crippen LogP contribution in [0.25, 0.3) is 5.70 Å². The van der Waals surface area contributed by atoms with Crippen molar-refractivity contribution in [2.24, 2.45) is 0 Å². The van der Waals surface area contributed by atoms with Crippen LogP contribution in [0.3, 0.4) is 0 Å². The first kappa shape index (κ1) is 16.8. The number of benzene rings is 2. The Labute approximate surface area is 150 Å². The van der Waals surface area contributed by atoms with Crippen molar-refractivity contribution in [2.75, 3.05) is 7.11 Å². The van der Waals surface area contributed by atoms with E-state index >= 15 is 0 Å². The van der Waals surface area contributed by atoms with Gasteiger partial charge in [0.2, 0.25) is 0 Å². The third-order valence-electron chi connectivity index (χ3n) is 4.11. The summed E-state index contributed by atoms with van der Waals surface area (Å²) in [5.74, 6) is 0.520. The van der Waals surface area contributed by atoms with Gasteiger partial charge in [-0.25, -0.2) is 0 Å².